The molecule has 2 saturated heterocycles. The second-order valence-electron chi connectivity index (χ2n) is 7.94. The third kappa shape index (κ3) is 2.64. The molecule has 0 saturated carbocycles. The average molecular weight is 365 g/mol. The van der Waals surface area contributed by atoms with Gasteiger partial charge in [0, 0.05) is 37.1 Å². The van der Waals surface area contributed by atoms with Gasteiger partial charge in [0.25, 0.3) is 5.91 Å². The monoisotopic (exact) mass is 365 g/mol. The van der Waals surface area contributed by atoms with Crippen molar-refractivity contribution in [2.75, 3.05) is 19.6 Å². The standard InChI is InChI=1S/C20H23N5O2/c26-18(17-15-5-3-6-16(15)22-23-17)25-11-8-20(13-25)7-10-24(19(20)27)12-14-4-1-2-9-21-14/h1-2,4,9H,3,5-8,10-13H2,(H,22,23). The van der Waals surface area contributed by atoms with E-state index in [9.17, 15) is 9.59 Å². The van der Waals surface area contributed by atoms with Gasteiger partial charge >= 0.3 is 0 Å². The molecule has 2 aromatic rings. The molecule has 1 N–H and O–H groups in total. The number of carbonyl (C=O) groups is 2. The normalized spacial score (nSPS) is 24.2. The van der Waals surface area contributed by atoms with Gasteiger partial charge in [-0.2, -0.15) is 5.10 Å². The van der Waals surface area contributed by atoms with E-state index in [-0.39, 0.29) is 11.8 Å². The predicted octanol–water partition coefficient (Wildman–Crippen LogP) is 1.56. The lowest BCUT2D eigenvalue weighted by Gasteiger charge is -2.23. The first-order chi connectivity index (χ1) is 13.2. The van der Waals surface area contributed by atoms with E-state index in [0.29, 0.717) is 25.3 Å². The molecular formula is C20H23N5O2. The van der Waals surface area contributed by atoms with Gasteiger partial charge in [0.15, 0.2) is 5.69 Å². The Kier molecular flexibility index (Phi) is 3.77. The van der Waals surface area contributed by atoms with E-state index in [0.717, 1.165) is 55.6 Å². The first-order valence-electron chi connectivity index (χ1n) is 9.71. The lowest BCUT2D eigenvalue weighted by molar-refractivity contribution is -0.135. The van der Waals surface area contributed by atoms with Gasteiger partial charge < -0.3 is 9.80 Å². The summed E-state index contributed by atoms with van der Waals surface area (Å²) in [5.74, 6) is 0.137. The summed E-state index contributed by atoms with van der Waals surface area (Å²) >= 11 is 0. The van der Waals surface area contributed by atoms with Gasteiger partial charge in [0.2, 0.25) is 5.91 Å². The number of aromatic nitrogens is 3. The minimum Gasteiger partial charge on any atom is -0.336 e. The van der Waals surface area contributed by atoms with Crippen LogP contribution in [0.15, 0.2) is 24.4 Å². The molecule has 4 heterocycles. The number of hydrogen-bond acceptors (Lipinski definition) is 4. The number of hydrogen-bond donors (Lipinski definition) is 1. The lowest BCUT2D eigenvalue weighted by atomic mass is 9.85. The summed E-state index contributed by atoms with van der Waals surface area (Å²) in [5.41, 5.74) is 3.22. The van der Waals surface area contributed by atoms with Crippen LogP contribution >= 0.6 is 0 Å². The predicted molar refractivity (Wildman–Crippen MR) is 97.8 cm³/mol. The van der Waals surface area contributed by atoms with Crippen molar-refractivity contribution < 1.29 is 9.59 Å². The highest BCUT2D eigenvalue weighted by Gasteiger charge is 2.52. The summed E-state index contributed by atoms with van der Waals surface area (Å²) in [5, 5.41) is 7.28. The summed E-state index contributed by atoms with van der Waals surface area (Å²) in [4.78, 5) is 34.2. The zero-order valence-corrected chi connectivity index (χ0v) is 15.3. The van der Waals surface area contributed by atoms with Crippen molar-refractivity contribution in [3.8, 4) is 0 Å². The molecule has 27 heavy (non-hydrogen) atoms. The van der Waals surface area contributed by atoms with E-state index < -0.39 is 5.41 Å². The summed E-state index contributed by atoms with van der Waals surface area (Å²) in [6.45, 7) is 2.41. The van der Waals surface area contributed by atoms with Crippen LogP contribution < -0.4 is 0 Å². The Morgan fingerprint density at radius 1 is 1.22 bits per heavy atom. The maximum Gasteiger partial charge on any atom is 0.274 e. The molecule has 0 aromatic carbocycles. The minimum atomic E-state index is -0.427. The molecule has 2 aliphatic heterocycles. The number of rotatable bonds is 3. The summed E-state index contributed by atoms with van der Waals surface area (Å²) in [6.07, 6.45) is 6.27. The molecule has 5 rings (SSSR count). The van der Waals surface area contributed by atoms with Crippen LogP contribution in [-0.2, 0) is 24.2 Å². The van der Waals surface area contributed by atoms with Crippen LogP contribution in [0.25, 0.3) is 0 Å². The number of likely N-dealkylation sites (tertiary alicyclic amines) is 2. The van der Waals surface area contributed by atoms with Gasteiger partial charge in [-0.25, -0.2) is 0 Å². The van der Waals surface area contributed by atoms with E-state index in [1.165, 1.54) is 0 Å². The van der Waals surface area contributed by atoms with Crippen molar-refractivity contribution in [3.05, 3.63) is 47.0 Å². The Hall–Kier alpha value is -2.70. The van der Waals surface area contributed by atoms with Gasteiger partial charge in [0.1, 0.15) is 0 Å². The molecule has 3 aliphatic rings. The highest BCUT2D eigenvalue weighted by molar-refractivity contribution is 5.95. The number of carbonyl (C=O) groups excluding carboxylic acids is 2. The van der Waals surface area contributed by atoms with E-state index >= 15 is 0 Å². The second-order valence-corrected chi connectivity index (χ2v) is 7.94. The van der Waals surface area contributed by atoms with Crippen LogP contribution in [0.5, 0.6) is 0 Å². The number of aromatic amines is 1. The Balaban J connectivity index is 1.30. The summed E-state index contributed by atoms with van der Waals surface area (Å²) in [7, 11) is 0. The van der Waals surface area contributed by atoms with E-state index in [4.69, 9.17) is 0 Å². The third-order valence-corrected chi connectivity index (χ3v) is 6.33. The van der Waals surface area contributed by atoms with Crippen molar-refractivity contribution >= 4 is 11.8 Å². The number of amides is 2. The number of H-pyrrole nitrogens is 1. The van der Waals surface area contributed by atoms with E-state index in [1.807, 2.05) is 28.0 Å². The Labute approximate surface area is 157 Å². The minimum absolute atomic E-state index is 0.0257. The topological polar surface area (TPSA) is 82.2 Å². The average Bonchev–Trinajstić information content (AvgIpc) is 3.44. The zero-order valence-electron chi connectivity index (χ0n) is 15.3. The lowest BCUT2D eigenvalue weighted by Crippen LogP contribution is -2.38. The SMILES string of the molecule is O=C(c1n[nH]c2c1CCC2)N1CCC2(CCN(Cc3ccccn3)C2=O)C1. The molecule has 7 nitrogen and oxygen atoms in total. The van der Waals surface area contributed by atoms with Gasteiger partial charge in [-0.3, -0.25) is 19.7 Å². The maximum atomic E-state index is 13.1. The fourth-order valence-electron chi connectivity index (χ4n) is 4.80. The Bertz CT molecular complexity index is 893. The molecule has 1 aliphatic carbocycles. The fourth-order valence-corrected chi connectivity index (χ4v) is 4.80. The first-order valence-corrected chi connectivity index (χ1v) is 9.71. The van der Waals surface area contributed by atoms with Gasteiger partial charge in [-0.15, -0.1) is 0 Å². The van der Waals surface area contributed by atoms with Crippen LogP contribution in [0.1, 0.15) is 46.7 Å². The molecule has 7 heteroatoms. The molecule has 1 atom stereocenters. The van der Waals surface area contributed by atoms with E-state index in [1.54, 1.807) is 6.20 Å². The number of pyridine rings is 1. The van der Waals surface area contributed by atoms with Crippen molar-refractivity contribution in [2.45, 2.75) is 38.6 Å². The smallest absolute Gasteiger partial charge is 0.274 e. The molecule has 0 bridgehead atoms. The molecular weight excluding hydrogens is 342 g/mol. The Morgan fingerprint density at radius 2 is 2.11 bits per heavy atom. The summed E-state index contributed by atoms with van der Waals surface area (Å²) in [6, 6.07) is 5.76. The second kappa shape index (κ2) is 6.18. The molecule has 140 valence electrons. The molecule has 2 amide bonds. The molecule has 0 radical (unpaired) electrons. The van der Waals surface area contributed by atoms with Crippen LogP contribution in [0.3, 0.4) is 0 Å². The summed E-state index contributed by atoms with van der Waals surface area (Å²) < 4.78 is 0. The maximum absolute atomic E-state index is 13.1. The third-order valence-electron chi connectivity index (χ3n) is 6.33. The van der Waals surface area contributed by atoms with Gasteiger partial charge in [-0.05, 0) is 44.2 Å². The van der Waals surface area contributed by atoms with Gasteiger partial charge in [-0.1, -0.05) is 6.07 Å². The van der Waals surface area contributed by atoms with Crippen molar-refractivity contribution in [1.82, 2.24) is 25.0 Å². The van der Waals surface area contributed by atoms with E-state index in [2.05, 4.69) is 15.2 Å². The number of aryl methyl sites for hydroxylation is 1. The quantitative estimate of drug-likeness (QED) is 0.895. The van der Waals surface area contributed by atoms with Crippen LogP contribution in [-0.4, -0.2) is 56.4 Å². The van der Waals surface area contributed by atoms with Crippen LogP contribution in [0, 0.1) is 5.41 Å². The fraction of sp³-hybridized carbons (Fsp3) is 0.500. The van der Waals surface area contributed by atoms with Gasteiger partial charge in [0.05, 0.1) is 17.7 Å². The number of nitrogens with one attached hydrogen (secondary N) is 1. The van der Waals surface area contributed by atoms with Crippen LogP contribution in [0.2, 0.25) is 0 Å². The Morgan fingerprint density at radius 3 is 2.96 bits per heavy atom. The largest absolute Gasteiger partial charge is 0.336 e. The van der Waals surface area contributed by atoms with Crippen molar-refractivity contribution in [1.29, 1.82) is 0 Å². The number of nitrogens with zero attached hydrogens (tertiary/aromatic N) is 4. The highest BCUT2D eigenvalue weighted by atomic mass is 16.2. The molecule has 2 fully saturated rings. The highest BCUT2D eigenvalue weighted by Crippen LogP contribution is 2.41. The molecule has 2 aromatic heterocycles. The zero-order chi connectivity index (χ0) is 18.4. The molecule has 1 spiro atoms. The molecule has 1 unspecified atom stereocenters. The van der Waals surface area contributed by atoms with Crippen molar-refractivity contribution in [2.24, 2.45) is 5.41 Å². The first kappa shape index (κ1) is 16.5. The number of fused-ring (bicyclic) bond motifs is 1. The van der Waals surface area contributed by atoms with Crippen LogP contribution in [0.4, 0.5) is 0 Å². The van der Waals surface area contributed by atoms with Crippen molar-refractivity contribution in [3.63, 3.8) is 0 Å².